The smallest absolute Gasteiger partial charge is 0.319 e. The molecule has 0 spiro atoms. The van der Waals surface area contributed by atoms with E-state index in [2.05, 4.69) is 17.6 Å². The van der Waals surface area contributed by atoms with Crippen LogP contribution in [-0.2, 0) is 4.79 Å². The molecule has 5 heteroatoms. The van der Waals surface area contributed by atoms with Crippen LogP contribution in [0.4, 0.5) is 10.5 Å². The van der Waals surface area contributed by atoms with E-state index in [-0.39, 0.29) is 23.9 Å². The Morgan fingerprint density at radius 2 is 1.87 bits per heavy atom. The zero-order chi connectivity index (χ0) is 16.8. The number of carbonyl (C=O) groups is 2. The SMILES string of the molecule is CC(C)C(NC(=O)Nc1ccccc1)C(=O)N1CCCCC1C. The number of benzene rings is 1. The number of anilines is 1. The first-order valence-electron chi connectivity index (χ1n) is 8.42. The number of hydrogen-bond donors (Lipinski definition) is 2. The summed E-state index contributed by atoms with van der Waals surface area (Å²) in [7, 11) is 0. The van der Waals surface area contributed by atoms with Crippen molar-refractivity contribution in [2.45, 2.75) is 52.1 Å². The summed E-state index contributed by atoms with van der Waals surface area (Å²) in [6, 6.07) is 8.65. The minimum atomic E-state index is -0.501. The Hall–Kier alpha value is -2.04. The first-order chi connectivity index (χ1) is 11.0. The summed E-state index contributed by atoms with van der Waals surface area (Å²) in [6.45, 7) is 6.78. The number of nitrogens with zero attached hydrogens (tertiary/aromatic N) is 1. The van der Waals surface area contributed by atoms with E-state index < -0.39 is 6.04 Å². The molecule has 1 aliphatic rings. The summed E-state index contributed by atoms with van der Waals surface area (Å²) >= 11 is 0. The van der Waals surface area contributed by atoms with E-state index in [0.717, 1.165) is 19.4 Å². The molecule has 1 fully saturated rings. The van der Waals surface area contributed by atoms with Crippen molar-refractivity contribution < 1.29 is 9.59 Å². The number of amides is 3. The van der Waals surface area contributed by atoms with E-state index in [1.807, 2.05) is 49.1 Å². The van der Waals surface area contributed by atoms with Crippen LogP contribution in [0.3, 0.4) is 0 Å². The maximum Gasteiger partial charge on any atom is 0.319 e. The largest absolute Gasteiger partial charge is 0.338 e. The highest BCUT2D eigenvalue weighted by Crippen LogP contribution is 2.19. The molecule has 126 valence electrons. The highest BCUT2D eigenvalue weighted by Gasteiger charge is 2.32. The average Bonchev–Trinajstić information content (AvgIpc) is 2.53. The summed E-state index contributed by atoms with van der Waals surface area (Å²) in [6.07, 6.45) is 3.24. The minimum Gasteiger partial charge on any atom is -0.338 e. The Morgan fingerprint density at radius 3 is 2.48 bits per heavy atom. The van der Waals surface area contributed by atoms with Crippen LogP contribution in [0.25, 0.3) is 0 Å². The van der Waals surface area contributed by atoms with Gasteiger partial charge in [-0.3, -0.25) is 4.79 Å². The fourth-order valence-corrected chi connectivity index (χ4v) is 2.95. The molecule has 1 aliphatic heterocycles. The third-order valence-corrected chi connectivity index (χ3v) is 4.34. The molecule has 23 heavy (non-hydrogen) atoms. The van der Waals surface area contributed by atoms with Crippen molar-refractivity contribution in [2.75, 3.05) is 11.9 Å². The molecule has 2 N–H and O–H groups in total. The van der Waals surface area contributed by atoms with Gasteiger partial charge in [-0.15, -0.1) is 0 Å². The molecular weight excluding hydrogens is 290 g/mol. The van der Waals surface area contributed by atoms with Crippen LogP contribution in [0.1, 0.15) is 40.0 Å². The molecule has 2 atom stereocenters. The number of carbonyl (C=O) groups excluding carboxylic acids is 2. The van der Waals surface area contributed by atoms with Crippen molar-refractivity contribution in [1.29, 1.82) is 0 Å². The lowest BCUT2D eigenvalue weighted by molar-refractivity contribution is -0.137. The highest BCUT2D eigenvalue weighted by molar-refractivity contribution is 5.93. The van der Waals surface area contributed by atoms with Crippen LogP contribution in [0.15, 0.2) is 30.3 Å². The molecule has 3 amide bonds. The Balaban J connectivity index is 2.00. The molecule has 1 aromatic carbocycles. The zero-order valence-corrected chi connectivity index (χ0v) is 14.2. The lowest BCUT2D eigenvalue weighted by Crippen LogP contribution is -2.55. The Kier molecular flexibility index (Phi) is 6.02. The van der Waals surface area contributed by atoms with Gasteiger partial charge in [0.1, 0.15) is 6.04 Å². The van der Waals surface area contributed by atoms with Crippen molar-refractivity contribution in [1.82, 2.24) is 10.2 Å². The third-order valence-electron chi connectivity index (χ3n) is 4.34. The van der Waals surface area contributed by atoms with Gasteiger partial charge in [0.15, 0.2) is 0 Å². The molecule has 0 aromatic heterocycles. The number of urea groups is 1. The number of likely N-dealkylation sites (tertiary alicyclic amines) is 1. The van der Waals surface area contributed by atoms with E-state index in [1.165, 1.54) is 6.42 Å². The van der Waals surface area contributed by atoms with Crippen LogP contribution in [0, 0.1) is 5.92 Å². The fourth-order valence-electron chi connectivity index (χ4n) is 2.95. The maximum absolute atomic E-state index is 12.8. The van der Waals surface area contributed by atoms with Gasteiger partial charge in [-0.05, 0) is 44.2 Å². The van der Waals surface area contributed by atoms with E-state index in [9.17, 15) is 9.59 Å². The van der Waals surface area contributed by atoms with Gasteiger partial charge in [0, 0.05) is 18.3 Å². The van der Waals surface area contributed by atoms with Gasteiger partial charge in [0.25, 0.3) is 0 Å². The van der Waals surface area contributed by atoms with Gasteiger partial charge >= 0.3 is 6.03 Å². The van der Waals surface area contributed by atoms with E-state index >= 15 is 0 Å². The van der Waals surface area contributed by atoms with Gasteiger partial charge < -0.3 is 15.5 Å². The molecule has 0 radical (unpaired) electrons. The molecule has 5 nitrogen and oxygen atoms in total. The van der Waals surface area contributed by atoms with Gasteiger partial charge in [-0.1, -0.05) is 32.0 Å². The van der Waals surface area contributed by atoms with Crippen LogP contribution in [0.2, 0.25) is 0 Å². The second kappa shape index (κ2) is 7.99. The van der Waals surface area contributed by atoms with E-state index in [1.54, 1.807) is 0 Å². The quantitative estimate of drug-likeness (QED) is 0.895. The molecule has 1 heterocycles. The zero-order valence-electron chi connectivity index (χ0n) is 14.2. The van der Waals surface area contributed by atoms with Crippen LogP contribution >= 0.6 is 0 Å². The van der Waals surface area contributed by atoms with Gasteiger partial charge in [-0.25, -0.2) is 4.79 Å². The van der Waals surface area contributed by atoms with Gasteiger partial charge in [0.2, 0.25) is 5.91 Å². The number of hydrogen-bond acceptors (Lipinski definition) is 2. The fraction of sp³-hybridized carbons (Fsp3) is 0.556. The number of piperidine rings is 1. The molecule has 1 aromatic rings. The standard InChI is InChI=1S/C18H27N3O2/c1-13(2)16(17(22)21-12-8-7-9-14(21)3)20-18(23)19-15-10-5-4-6-11-15/h4-6,10-11,13-14,16H,7-9,12H2,1-3H3,(H2,19,20,23). The second-order valence-corrected chi connectivity index (χ2v) is 6.56. The Morgan fingerprint density at radius 1 is 1.17 bits per heavy atom. The summed E-state index contributed by atoms with van der Waals surface area (Å²) < 4.78 is 0. The molecule has 0 aliphatic carbocycles. The first kappa shape index (κ1) is 17.3. The Labute approximate surface area is 138 Å². The van der Waals surface area contributed by atoms with Crippen LogP contribution in [-0.4, -0.2) is 35.5 Å². The van der Waals surface area contributed by atoms with E-state index in [4.69, 9.17) is 0 Å². The minimum absolute atomic E-state index is 0.0235. The molecule has 2 unspecified atom stereocenters. The monoisotopic (exact) mass is 317 g/mol. The molecular formula is C18H27N3O2. The third kappa shape index (κ3) is 4.71. The molecule has 1 saturated heterocycles. The summed E-state index contributed by atoms with van der Waals surface area (Å²) in [5.74, 6) is 0.0635. The van der Waals surface area contributed by atoms with Crippen LogP contribution in [0.5, 0.6) is 0 Å². The topological polar surface area (TPSA) is 61.4 Å². The lowest BCUT2D eigenvalue weighted by atomic mass is 9.98. The van der Waals surface area contributed by atoms with Crippen LogP contribution < -0.4 is 10.6 Å². The predicted molar refractivity (Wildman–Crippen MR) is 92.2 cm³/mol. The number of nitrogens with one attached hydrogen (secondary N) is 2. The van der Waals surface area contributed by atoms with Crippen molar-refractivity contribution in [3.63, 3.8) is 0 Å². The first-order valence-corrected chi connectivity index (χ1v) is 8.42. The van der Waals surface area contributed by atoms with E-state index in [0.29, 0.717) is 5.69 Å². The highest BCUT2D eigenvalue weighted by atomic mass is 16.2. The summed E-state index contributed by atoms with van der Waals surface area (Å²) in [5.41, 5.74) is 0.714. The Bertz CT molecular complexity index is 530. The maximum atomic E-state index is 12.8. The average molecular weight is 317 g/mol. The predicted octanol–water partition coefficient (Wildman–Crippen LogP) is 3.23. The molecule has 0 bridgehead atoms. The van der Waals surface area contributed by atoms with Gasteiger partial charge in [-0.2, -0.15) is 0 Å². The molecule has 2 rings (SSSR count). The van der Waals surface area contributed by atoms with Gasteiger partial charge in [0.05, 0.1) is 0 Å². The van der Waals surface area contributed by atoms with Crippen molar-refractivity contribution in [3.8, 4) is 0 Å². The lowest BCUT2D eigenvalue weighted by Gasteiger charge is -2.37. The summed E-state index contributed by atoms with van der Waals surface area (Å²) in [5, 5.41) is 5.62. The second-order valence-electron chi connectivity index (χ2n) is 6.56. The van der Waals surface area contributed by atoms with Crippen molar-refractivity contribution in [3.05, 3.63) is 30.3 Å². The number of rotatable bonds is 4. The van der Waals surface area contributed by atoms with Crippen molar-refractivity contribution >= 4 is 17.6 Å². The number of para-hydroxylation sites is 1. The summed E-state index contributed by atoms with van der Waals surface area (Å²) in [4.78, 5) is 26.9. The normalized spacial score (nSPS) is 19.3. The van der Waals surface area contributed by atoms with Crippen molar-refractivity contribution in [2.24, 2.45) is 5.92 Å². The molecule has 0 saturated carbocycles.